The molecule has 0 spiro atoms. The number of oxazole rings is 1. The van der Waals surface area contributed by atoms with Crippen LogP contribution in [-0.2, 0) is 13.0 Å². The molecule has 1 heterocycles. The molecule has 1 N–H and O–H groups in total. The van der Waals surface area contributed by atoms with Crippen LogP contribution in [0.5, 0.6) is 0 Å². The second-order valence-electron chi connectivity index (χ2n) is 5.67. The van der Waals surface area contributed by atoms with Gasteiger partial charge in [0.15, 0.2) is 0 Å². The zero-order chi connectivity index (χ0) is 14.7. The highest BCUT2D eigenvalue weighted by Gasteiger charge is 2.28. The van der Waals surface area contributed by atoms with Gasteiger partial charge in [0.2, 0.25) is 5.89 Å². The van der Waals surface area contributed by atoms with E-state index in [1.165, 1.54) is 11.1 Å². The molecule has 4 nitrogen and oxygen atoms in total. The standard InChI is InChI=1S/C17H22N2O2/c1-13-11-18-17(21-13)12-19(9-4-10-20)16-8-7-14-5-2-3-6-15(14)16/h2-3,5-6,11,16,20H,4,7-10,12H2,1H3. The number of aliphatic hydroxyl groups is 1. The van der Waals surface area contributed by atoms with E-state index in [4.69, 9.17) is 9.52 Å². The van der Waals surface area contributed by atoms with Gasteiger partial charge in [-0.2, -0.15) is 0 Å². The van der Waals surface area contributed by atoms with Gasteiger partial charge in [0, 0.05) is 19.2 Å². The van der Waals surface area contributed by atoms with E-state index in [0.29, 0.717) is 12.6 Å². The summed E-state index contributed by atoms with van der Waals surface area (Å²) in [4.78, 5) is 6.70. The fourth-order valence-electron chi connectivity index (χ4n) is 3.18. The Balaban J connectivity index is 1.79. The summed E-state index contributed by atoms with van der Waals surface area (Å²) in [6.45, 7) is 3.69. The highest BCUT2D eigenvalue weighted by atomic mass is 16.4. The molecule has 1 aliphatic rings. The molecule has 0 saturated carbocycles. The number of aryl methyl sites for hydroxylation is 2. The lowest BCUT2D eigenvalue weighted by Gasteiger charge is -2.28. The Morgan fingerprint density at radius 1 is 1.38 bits per heavy atom. The van der Waals surface area contributed by atoms with Gasteiger partial charge in [0.25, 0.3) is 0 Å². The average molecular weight is 286 g/mol. The third-order valence-corrected chi connectivity index (χ3v) is 4.15. The summed E-state index contributed by atoms with van der Waals surface area (Å²) in [6, 6.07) is 9.06. The summed E-state index contributed by atoms with van der Waals surface area (Å²) in [7, 11) is 0. The molecule has 21 heavy (non-hydrogen) atoms. The molecule has 112 valence electrons. The molecule has 0 radical (unpaired) electrons. The van der Waals surface area contributed by atoms with Crippen molar-refractivity contribution in [2.24, 2.45) is 0 Å². The molecular formula is C17H22N2O2. The lowest BCUT2D eigenvalue weighted by Crippen LogP contribution is -2.29. The summed E-state index contributed by atoms with van der Waals surface area (Å²) >= 11 is 0. The summed E-state index contributed by atoms with van der Waals surface area (Å²) in [5.41, 5.74) is 2.86. The normalized spacial score (nSPS) is 17.4. The van der Waals surface area contributed by atoms with Crippen LogP contribution in [0.1, 0.15) is 41.7 Å². The van der Waals surface area contributed by atoms with Crippen molar-refractivity contribution in [1.82, 2.24) is 9.88 Å². The van der Waals surface area contributed by atoms with Crippen LogP contribution in [0.3, 0.4) is 0 Å². The van der Waals surface area contributed by atoms with Gasteiger partial charge in [-0.15, -0.1) is 0 Å². The minimum atomic E-state index is 0.218. The first-order chi connectivity index (χ1) is 10.3. The Hall–Kier alpha value is -1.65. The van der Waals surface area contributed by atoms with Crippen LogP contribution in [0.4, 0.5) is 0 Å². The van der Waals surface area contributed by atoms with E-state index in [-0.39, 0.29) is 6.61 Å². The molecule has 3 rings (SSSR count). The third kappa shape index (κ3) is 3.17. The molecule has 0 saturated heterocycles. The second kappa shape index (κ2) is 6.41. The van der Waals surface area contributed by atoms with E-state index in [9.17, 15) is 0 Å². The maximum Gasteiger partial charge on any atom is 0.208 e. The molecule has 4 heteroatoms. The fraction of sp³-hybridized carbons (Fsp3) is 0.471. The third-order valence-electron chi connectivity index (χ3n) is 4.15. The summed E-state index contributed by atoms with van der Waals surface area (Å²) in [5, 5.41) is 9.16. The van der Waals surface area contributed by atoms with E-state index in [0.717, 1.165) is 37.5 Å². The van der Waals surface area contributed by atoms with Crippen molar-refractivity contribution in [3.63, 3.8) is 0 Å². The van der Waals surface area contributed by atoms with Crippen LogP contribution in [-0.4, -0.2) is 28.1 Å². The SMILES string of the molecule is Cc1cnc(CN(CCCO)C2CCc3ccccc32)o1. The molecule has 0 bridgehead atoms. The molecule has 1 aliphatic carbocycles. The smallest absolute Gasteiger partial charge is 0.208 e. The van der Waals surface area contributed by atoms with Gasteiger partial charge in [-0.3, -0.25) is 4.90 Å². The van der Waals surface area contributed by atoms with Crippen LogP contribution in [0, 0.1) is 6.92 Å². The fourth-order valence-corrected chi connectivity index (χ4v) is 3.18. The Morgan fingerprint density at radius 2 is 2.24 bits per heavy atom. The predicted octanol–water partition coefficient (Wildman–Crippen LogP) is 2.85. The maximum absolute atomic E-state index is 9.16. The van der Waals surface area contributed by atoms with Crippen molar-refractivity contribution in [3.05, 3.63) is 53.2 Å². The highest BCUT2D eigenvalue weighted by molar-refractivity contribution is 5.34. The Morgan fingerprint density at radius 3 is 3.00 bits per heavy atom. The van der Waals surface area contributed by atoms with Crippen LogP contribution in [0.15, 0.2) is 34.9 Å². The topological polar surface area (TPSA) is 49.5 Å². The molecule has 1 unspecified atom stereocenters. The maximum atomic E-state index is 9.16. The molecule has 2 aromatic rings. The van der Waals surface area contributed by atoms with Gasteiger partial charge in [-0.1, -0.05) is 24.3 Å². The molecule has 1 aromatic carbocycles. The minimum Gasteiger partial charge on any atom is -0.445 e. The number of aromatic nitrogens is 1. The number of nitrogens with zero attached hydrogens (tertiary/aromatic N) is 2. The molecule has 0 fully saturated rings. The van der Waals surface area contributed by atoms with Crippen molar-refractivity contribution in [1.29, 1.82) is 0 Å². The largest absolute Gasteiger partial charge is 0.445 e. The number of benzene rings is 1. The first-order valence-electron chi connectivity index (χ1n) is 7.62. The van der Waals surface area contributed by atoms with Crippen LogP contribution < -0.4 is 0 Å². The number of hydrogen-bond donors (Lipinski definition) is 1. The predicted molar refractivity (Wildman–Crippen MR) is 80.9 cm³/mol. The average Bonchev–Trinajstić information content (AvgIpc) is 3.09. The van der Waals surface area contributed by atoms with Crippen LogP contribution >= 0.6 is 0 Å². The molecule has 1 aromatic heterocycles. The van der Waals surface area contributed by atoms with Gasteiger partial charge in [0.1, 0.15) is 5.76 Å². The molecule has 1 atom stereocenters. The van der Waals surface area contributed by atoms with Crippen LogP contribution in [0.2, 0.25) is 0 Å². The van der Waals surface area contributed by atoms with Crippen molar-refractivity contribution in [2.45, 2.75) is 38.8 Å². The summed E-state index contributed by atoms with van der Waals surface area (Å²) < 4.78 is 5.63. The van der Waals surface area contributed by atoms with Crippen LogP contribution in [0.25, 0.3) is 0 Å². The van der Waals surface area contributed by atoms with Gasteiger partial charge < -0.3 is 9.52 Å². The Kier molecular flexibility index (Phi) is 4.36. The number of hydrogen-bond acceptors (Lipinski definition) is 4. The first kappa shape index (κ1) is 14.3. The lowest BCUT2D eigenvalue weighted by molar-refractivity contribution is 0.152. The van der Waals surface area contributed by atoms with Gasteiger partial charge in [-0.25, -0.2) is 4.98 Å². The number of fused-ring (bicyclic) bond motifs is 1. The van der Waals surface area contributed by atoms with Crippen molar-refractivity contribution in [2.75, 3.05) is 13.2 Å². The summed E-state index contributed by atoms with van der Waals surface area (Å²) in [6.07, 6.45) is 4.80. The molecule has 0 amide bonds. The Bertz CT molecular complexity index is 594. The van der Waals surface area contributed by atoms with Gasteiger partial charge in [-0.05, 0) is 37.3 Å². The van der Waals surface area contributed by atoms with Crippen molar-refractivity contribution in [3.8, 4) is 0 Å². The minimum absolute atomic E-state index is 0.218. The van der Waals surface area contributed by atoms with Gasteiger partial charge >= 0.3 is 0 Å². The summed E-state index contributed by atoms with van der Waals surface area (Å²) in [5.74, 6) is 1.61. The first-order valence-corrected chi connectivity index (χ1v) is 7.62. The van der Waals surface area contributed by atoms with E-state index in [1.54, 1.807) is 6.20 Å². The Labute approximate surface area is 125 Å². The molecule has 0 aliphatic heterocycles. The van der Waals surface area contributed by atoms with E-state index >= 15 is 0 Å². The zero-order valence-corrected chi connectivity index (χ0v) is 12.5. The lowest BCUT2D eigenvalue weighted by atomic mass is 10.1. The quantitative estimate of drug-likeness (QED) is 0.887. The zero-order valence-electron chi connectivity index (χ0n) is 12.5. The van der Waals surface area contributed by atoms with E-state index < -0.39 is 0 Å². The van der Waals surface area contributed by atoms with E-state index in [2.05, 4.69) is 34.1 Å². The molecular weight excluding hydrogens is 264 g/mol. The highest BCUT2D eigenvalue weighted by Crippen LogP contribution is 2.36. The van der Waals surface area contributed by atoms with Crippen molar-refractivity contribution < 1.29 is 9.52 Å². The number of rotatable bonds is 6. The monoisotopic (exact) mass is 286 g/mol. The van der Waals surface area contributed by atoms with Crippen molar-refractivity contribution >= 4 is 0 Å². The van der Waals surface area contributed by atoms with Gasteiger partial charge in [0.05, 0.1) is 12.7 Å². The second-order valence-corrected chi connectivity index (χ2v) is 5.67. The number of aliphatic hydroxyl groups excluding tert-OH is 1. The van der Waals surface area contributed by atoms with E-state index in [1.807, 2.05) is 6.92 Å².